The molecule has 1 heterocycles. The zero-order valence-electron chi connectivity index (χ0n) is 10.1. The number of aliphatic hydroxyl groups is 1. The molecule has 0 aliphatic carbocycles. The summed E-state index contributed by atoms with van der Waals surface area (Å²) in [6.07, 6.45) is 0. The van der Waals surface area contributed by atoms with Crippen molar-refractivity contribution in [3.05, 3.63) is 0 Å². The summed E-state index contributed by atoms with van der Waals surface area (Å²) in [4.78, 5) is 13.8. The van der Waals surface area contributed by atoms with Crippen LogP contribution in [-0.4, -0.2) is 61.4 Å². The van der Waals surface area contributed by atoms with Crippen LogP contribution in [0.3, 0.4) is 0 Å². The molecule has 1 saturated heterocycles. The van der Waals surface area contributed by atoms with Gasteiger partial charge < -0.3 is 20.1 Å². The van der Waals surface area contributed by atoms with Crippen LogP contribution in [0.5, 0.6) is 0 Å². The number of nitrogens with zero attached hydrogens (tertiary/aromatic N) is 1. The Morgan fingerprint density at radius 3 is 3.06 bits per heavy atom. The van der Waals surface area contributed by atoms with Gasteiger partial charge in [0.15, 0.2) is 0 Å². The van der Waals surface area contributed by atoms with E-state index in [2.05, 4.69) is 5.32 Å². The van der Waals surface area contributed by atoms with Gasteiger partial charge in [0, 0.05) is 19.0 Å². The molecule has 2 N–H and O–H groups in total. The van der Waals surface area contributed by atoms with Crippen molar-refractivity contribution in [1.29, 1.82) is 0 Å². The molecule has 1 aliphatic rings. The summed E-state index contributed by atoms with van der Waals surface area (Å²) < 4.78 is 5.24. The molecule has 0 aromatic heterocycles. The van der Waals surface area contributed by atoms with Crippen molar-refractivity contribution in [2.45, 2.75) is 19.9 Å². The number of hydrogen-bond acceptors (Lipinski definition) is 4. The summed E-state index contributed by atoms with van der Waals surface area (Å²) in [5, 5.41) is 12.3. The molecule has 0 aromatic rings. The third-order valence-corrected chi connectivity index (χ3v) is 2.84. The maximum atomic E-state index is 12.1. The predicted octanol–water partition coefficient (Wildman–Crippen LogP) is -0.548. The van der Waals surface area contributed by atoms with Gasteiger partial charge in [-0.3, -0.25) is 4.79 Å². The Balaban J connectivity index is 2.49. The third-order valence-electron chi connectivity index (χ3n) is 2.84. The van der Waals surface area contributed by atoms with Crippen molar-refractivity contribution in [3.8, 4) is 0 Å². The molecular formula is C11H22N2O3. The number of carbonyl (C=O) groups is 1. The summed E-state index contributed by atoms with van der Waals surface area (Å²) in [6.45, 7) is 7.04. The first-order chi connectivity index (χ1) is 7.70. The lowest BCUT2D eigenvalue weighted by molar-refractivity contribution is -0.145. The summed E-state index contributed by atoms with van der Waals surface area (Å²) in [5.41, 5.74) is 0. The van der Waals surface area contributed by atoms with E-state index in [4.69, 9.17) is 4.74 Å². The van der Waals surface area contributed by atoms with Gasteiger partial charge in [0.05, 0.1) is 25.9 Å². The van der Waals surface area contributed by atoms with Crippen LogP contribution in [-0.2, 0) is 9.53 Å². The van der Waals surface area contributed by atoms with Crippen molar-refractivity contribution >= 4 is 5.91 Å². The normalized spacial score (nSPS) is 23.2. The van der Waals surface area contributed by atoms with E-state index in [9.17, 15) is 9.90 Å². The molecule has 2 atom stereocenters. The SMILES string of the molecule is CCNCC(C)C(=O)N1CCOCC1CO. The smallest absolute Gasteiger partial charge is 0.227 e. The maximum Gasteiger partial charge on any atom is 0.227 e. The Morgan fingerprint density at radius 1 is 1.69 bits per heavy atom. The monoisotopic (exact) mass is 230 g/mol. The van der Waals surface area contributed by atoms with Gasteiger partial charge in [-0.05, 0) is 6.54 Å². The van der Waals surface area contributed by atoms with Gasteiger partial charge in [-0.2, -0.15) is 0 Å². The number of nitrogens with one attached hydrogen (secondary N) is 1. The van der Waals surface area contributed by atoms with Gasteiger partial charge in [0.25, 0.3) is 0 Å². The average molecular weight is 230 g/mol. The molecule has 1 aliphatic heterocycles. The molecule has 0 saturated carbocycles. The highest BCUT2D eigenvalue weighted by molar-refractivity contribution is 5.79. The summed E-state index contributed by atoms with van der Waals surface area (Å²) in [5.74, 6) is 0.0513. The van der Waals surface area contributed by atoms with Crippen LogP contribution < -0.4 is 5.32 Å². The summed E-state index contributed by atoms with van der Waals surface area (Å²) >= 11 is 0. The lowest BCUT2D eigenvalue weighted by atomic mass is 10.1. The second-order valence-electron chi connectivity index (χ2n) is 4.15. The number of rotatable bonds is 5. The van der Waals surface area contributed by atoms with E-state index >= 15 is 0 Å². The van der Waals surface area contributed by atoms with E-state index < -0.39 is 0 Å². The van der Waals surface area contributed by atoms with Gasteiger partial charge in [0.2, 0.25) is 5.91 Å². The Labute approximate surface area is 96.8 Å². The van der Waals surface area contributed by atoms with Crippen LogP contribution in [0.4, 0.5) is 0 Å². The maximum absolute atomic E-state index is 12.1. The largest absolute Gasteiger partial charge is 0.394 e. The second kappa shape index (κ2) is 6.83. The molecule has 0 bridgehead atoms. The van der Waals surface area contributed by atoms with Gasteiger partial charge in [0.1, 0.15) is 0 Å². The summed E-state index contributed by atoms with van der Waals surface area (Å²) in [7, 11) is 0. The number of carbonyl (C=O) groups excluding carboxylic acids is 1. The standard InChI is InChI=1S/C11H22N2O3/c1-3-12-6-9(2)11(15)13-4-5-16-8-10(13)7-14/h9-10,12,14H,3-8H2,1-2H3. The Bertz CT molecular complexity index is 223. The quantitative estimate of drug-likeness (QED) is 0.665. The molecule has 1 rings (SSSR count). The molecular weight excluding hydrogens is 208 g/mol. The van der Waals surface area contributed by atoms with Crippen molar-refractivity contribution in [1.82, 2.24) is 10.2 Å². The minimum Gasteiger partial charge on any atom is -0.394 e. The Kier molecular flexibility index (Phi) is 5.73. The zero-order chi connectivity index (χ0) is 12.0. The van der Waals surface area contributed by atoms with Gasteiger partial charge in [-0.1, -0.05) is 13.8 Å². The third kappa shape index (κ3) is 3.43. The molecule has 2 unspecified atom stereocenters. The van der Waals surface area contributed by atoms with Crippen molar-refractivity contribution < 1.29 is 14.6 Å². The fourth-order valence-electron chi connectivity index (χ4n) is 1.83. The minimum absolute atomic E-state index is 0.0281. The Hall–Kier alpha value is -0.650. The first-order valence-electron chi connectivity index (χ1n) is 5.90. The van der Waals surface area contributed by atoms with E-state index in [1.54, 1.807) is 4.90 Å². The van der Waals surface area contributed by atoms with Crippen molar-refractivity contribution in [2.75, 3.05) is 39.5 Å². The average Bonchev–Trinajstić information content (AvgIpc) is 2.34. The molecule has 5 nitrogen and oxygen atoms in total. The topological polar surface area (TPSA) is 61.8 Å². The van der Waals surface area contributed by atoms with Crippen LogP contribution in [0.25, 0.3) is 0 Å². The highest BCUT2D eigenvalue weighted by atomic mass is 16.5. The predicted molar refractivity (Wildman–Crippen MR) is 61.1 cm³/mol. The number of ether oxygens (including phenoxy) is 1. The van der Waals surface area contributed by atoms with Crippen LogP contribution in [0.2, 0.25) is 0 Å². The van der Waals surface area contributed by atoms with E-state index in [1.807, 2.05) is 13.8 Å². The van der Waals surface area contributed by atoms with E-state index in [1.165, 1.54) is 0 Å². The molecule has 1 amide bonds. The van der Waals surface area contributed by atoms with Crippen LogP contribution in [0.1, 0.15) is 13.8 Å². The molecule has 0 spiro atoms. The molecule has 1 fully saturated rings. The highest BCUT2D eigenvalue weighted by Gasteiger charge is 2.29. The zero-order valence-corrected chi connectivity index (χ0v) is 10.1. The van der Waals surface area contributed by atoms with Gasteiger partial charge in [-0.15, -0.1) is 0 Å². The van der Waals surface area contributed by atoms with Crippen LogP contribution in [0, 0.1) is 5.92 Å². The molecule has 0 aromatic carbocycles. The first kappa shape index (κ1) is 13.4. The van der Waals surface area contributed by atoms with Gasteiger partial charge >= 0.3 is 0 Å². The number of morpholine rings is 1. The van der Waals surface area contributed by atoms with Crippen molar-refractivity contribution in [2.24, 2.45) is 5.92 Å². The fraction of sp³-hybridized carbons (Fsp3) is 0.909. The first-order valence-corrected chi connectivity index (χ1v) is 5.90. The highest BCUT2D eigenvalue weighted by Crippen LogP contribution is 2.11. The molecule has 5 heteroatoms. The molecule has 94 valence electrons. The van der Waals surface area contributed by atoms with Crippen molar-refractivity contribution in [3.63, 3.8) is 0 Å². The number of aliphatic hydroxyl groups excluding tert-OH is 1. The number of hydrogen-bond donors (Lipinski definition) is 2. The fourth-order valence-corrected chi connectivity index (χ4v) is 1.83. The number of amides is 1. The Morgan fingerprint density at radius 2 is 2.44 bits per heavy atom. The minimum atomic E-state index is -0.176. The van der Waals surface area contributed by atoms with Crippen LogP contribution >= 0.6 is 0 Å². The second-order valence-corrected chi connectivity index (χ2v) is 4.15. The lowest BCUT2D eigenvalue weighted by Gasteiger charge is -2.36. The van der Waals surface area contributed by atoms with E-state index in [0.29, 0.717) is 26.3 Å². The van der Waals surface area contributed by atoms with E-state index in [-0.39, 0.29) is 24.5 Å². The molecule has 16 heavy (non-hydrogen) atoms. The molecule has 0 radical (unpaired) electrons. The van der Waals surface area contributed by atoms with Gasteiger partial charge in [-0.25, -0.2) is 0 Å². The van der Waals surface area contributed by atoms with Crippen LogP contribution in [0.15, 0.2) is 0 Å². The summed E-state index contributed by atoms with van der Waals surface area (Å²) in [6, 6.07) is -0.176. The van der Waals surface area contributed by atoms with E-state index in [0.717, 1.165) is 6.54 Å². The lowest BCUT2D eigenvalue weighted by Crippen LogP contribution is -2.53.